The largest absolute Gasteiger partial charge is 0.0938 e. The molecule has 0 unspecified atom stereocenters. The third-order valence-corrected chi connectivity index (χ3v) is 3.02. The number of unbranched alkanes of at least 4 members (excludes halogenated alkanes) is 2. The summed E-state index contributed by atoms with van der Waals surface area (Å²) in [4.78, 5) is 0. The van der Waals surface area contributed by atoms with E-state index in [1.807, 2.05) is 21.6 Å². The van der Waals surface area contributed by atoms with Crippen molar-refractivity contribution in [3.05, 3.63) is 25.7 Å². The smallest absolute Gasteiger partial charge is 0.00710 e. The lowest BCUT2D eigenvalue weighted by Gasteiger charge is -1.96. The van der Waals surface area contributed by atoms with Crippen molar-refractivity contribution < 1.29 is 0 Å². The lowest BCUT2D eigenvalue weighted by Crippen LogP contribution is -1.79. The average Bonchev–Trinajstić information content (AvgIpc) is 1.97. The molecule has 0 aromatic carbocycles. The fourth-order valence-corrected chi connectivity index (χ4v) is 2.15. The molecule has 58 valence electrons. The molecule has 0 spiro atoms. The second kappa shape index (κ2) is 9.70. The maximum atomic E-state index is 2.17. The highest BCUT2D eigenvalue weighted by atomic mass is 33.1. The lowest BCUT2D eigenvalue weighted by atomic mass is 10.4. The highest BCUT2D eigenvalue weighted by Gasteiger charge is 1.88. The van der Waals surface area contributed by atoms with Crippen LogP contribution in [0.15, 0.2) is 0 Å². The number of rotatable bonds is 7. The molecular weight excluding hydrogens is 160 g/mol. The van der Waals surface area contributed by atoms with Gasteiger partial charge in [-0.2, -0.15) is 0 Å². The van der Waals surface area contributed by atoms with Crippen LogP contribution in [0.5, 0.6) is 0 Å². The summed E-state index contributed by atoms with van der Waals surface area (Å²) in [5.74, 6) is 2.25. The minimum absolute atomic E-state index is 1.12. The van der Waals surface area contributed by atoms with Crippen LogP contribution < -0.4 is 0 Å². The summed E-state index contributed by atoms with van der Waals surface area (Å²) in [6.45, 7) is 4.11. The molecule has 0 aromatic rings. The van der Waals surface area contributed by atoms with Crippen LogP contribution in [-0.4, -0.2) is 11.5 Å². The molecule has 0 amide bonds. The Hall–Kier alpha value is 0.700. The predicted octanol–water partition coefficient (Wildman–Crippen LogP) is 3.22. The Morgan fingerprint density at radius 3 is 1.60 bits per heavy atom. The predicted molar refractivity (Wildman–Crippen MR) is 53.5 cm³/mol. The topological polar surface area (TPSA) is 0 Å². The van der Waals surface area contributed by atoms with E-state index in [-0.39, 0.29) is 0 Å². The SMILES string of the molecule is C[CH][CH]CSSC[CH][CH]C. The molecule has 10 heavy (non-hydrogen) atoms. The summed E-state index contributed by atoms with van der Waals surface area (Å²) in [5, 5.41) is 0. The summed E-state index contributed by atoms with van der Waals surface area (Å²) in [6, 6.07) is 0. The molecule has 0 aromatic heterocycles. The Morgan fingerprint density at radius 1 is 0.900 bits per heavy atom. The standard InChI is InChI=1S/C8H14S2/c1-3-5-7-9-10-8-6-4-2/h3-6H,7-8H2,1-2H3. The zero-order valence-corrected chi connectivity index (χ0v) is 8.17. The van der Waals surface area contributed by atoms with E-state index in [4.69, 9.17) is 0 Å². The summed E-state index contributed by atoms with van der Waals surface area (Å²) in [6.07, 6.45) is 8.52. The first-order chi connectivity index (χ1) is 4.91. The Bertz CT molecular complexity index is 47.2. The second-order valence-electron chi connectivity index (χ2n) is 1.71. The molecule has 0 N–H and O–H groups in total. The van der Waals surface area contributed by atoms with Crippen LogP contribution in [-0.2, 0) is 0 Å². The Labute approximate surface area is 72.9 Å². The lowest BCUT2D eigenvalue weighted by molar-refractivity contribution is 1.38. The van der Waals surface area contributed by atoms with Crippen molar-refractivity contribution >= 4 is 21.6 Å². The van der Waals surface area contributed by atoms with Crippen LogP contribution in [0, 0.1) is 25.7 Å². The molecular formula is C8H14S2. The maximum Gasteiger partial charge on any atom is 0.00710 e. The zero-order valence-electron chi connectivity index (χ0n) is 6.54. The van der Waals surface area contributed by atoms with Crippen molar-refractivity contribution in [1.82, 2.24) is 0 Å². The number of hydrogen-bond acceptors (Lipinski definition) is 2. The van der Waals surface area contributed by atoms with Gasteiger partial charge in [-0.3, -0.25) is 0 Å². The van der Waals surface area contributed by atoms with Gasteiger partial charge in [-0.15, -0.1) is 0 Å². The van der Waals surface area contributed by atoms with Crippen molar-refractivity contribution in [3.63, 3.8) is 0 Å². The first-order valence-corrected chi connectivity index (χ1v) is 5.87. The van der Waals surface area contributed by atoms with Crippen molar-refractivity contribution in [1.29, 1.82) is 0 Å². The molecule has 0 saturated carbocycles. The van der Waals surface area contributed by atoms with E-state index in [1.54, 1.807) is 0 Å². The monoisotopic (exact) mass is 174 g/mol. The van der Waals surface area contributed by atoms with E-state index in [0.29, 0.717) is 0 Å². The van der Waals surface area contributed by atoms with Crippen molar-refractivity contribution in [2.45, 2.75) is 13.8 Å². The van der Waals surface area contributed by atoms with Gasteiger partial charge in [-0.1, -0.05) is 35.4 Å². The Morgan fingerprint density at radius 2 is 1.30 bits per heavy atom. The third kappa shape index (κ3) is 8.70. The highest BCUT2D eigenvalue weighted by Crippen LogP contribution is 2.22. The van der Waals surface area contributed by atoms with E-state index >= 15 is 0 Å². The van der Waals surface area contributed by atoms with Gasteiger partial charge in [0.1, 0.15) is 0 Å². The molecule has 0 heterocycles. The highest BCUT2D eigenvalue weighted by molar-refractivity contribution is 8.76. The summed E-state index contributed by atoms with van der Waals surface area (Å²) >= 11 is 0. The molecule has 0 aliphatic rings. The van der Waals surface area contributed by atoms with Gasteiger partial charge >= 0.3 is 0 Å². The minimum atomic E-state index is 1.12. The van der Waals surface area contributed by atoms with Crippen molar-refractivity contribution in [2.75, 3.05) is 11.5 Å². The first-order valence-electron chi connectivity index (χ1n) is 3.38. The van der Waals surface area contributed by atoms with Crippen LogP contribution in [0.1, 0.15) is 13.8 Å². The number of hydrogen-bond donors (Lipinski definition) is 0. The van der Waals surface area contributed by atoms with Gasteiger partial charge in [0, 0.05) is 11.5 Å². The summed E-state index contributed by atoms with van der Waals surface area (Å²) in [5.41, 5.74) is 0. The van der Waals surface area contributed by atoms with Gasteiger partial charge in [0.2, 0.25) is 0 Å². The van der Waals surface area contributed by atoms with E-state index in [1.165, 1.54) is 0 Å². The van der Waals surface area contributed by atoms with Gasteiger partial charge in [-0.25, -0.2) is 0 Å². The van der Waals surface area contributed by atoms with E-state index in [0.717, 1.165) is 11.5 Å². The van der Waals surface area contributed by atoms with E-state index < -0.39 is 0 Å². The molecule has 0 aliphatic carbocycles. The van der Waals surface area contributed by atoms with Gasteiger partial charge in [-0.05, 0) is 25.7 Å². The van der Waals surface area contributed by atoms with Crippen LogP contribution in [0.25, 0.3) is 0 Å². The average molecular weight is 174 g/mol. The third-order valence-electron chi connectivity index (χ3n) is 0.883. The van der Waals surface area contributed by atoms with E-state index in [9.17, 15) is 0 Å². The van der Waals surface area contributed by atoms with Crippen LogP contribution in [0.3, 0.4) is 0 Å². The molecule has 0 fully saturated rings. The molecule has 0 bridgehead atoms. The molecule has 0 rings (SSSR count). The molecule has 2 heteroatoms. The zero-order chi connectivity index (χ0) is 7.66. The Balaban J connectivity index is 2.65. The minimum Gasteiger partial charge on any atom is -0.0938 e. The molecule has 0 saturated heterocycles. The maximum absolute atomic E-state index is 2.17. The van der Waals surface area contributed by atoms with Gasteiger partial charge < -0.3 is 0 Å². The first kappa shape index (κ1) is 10.7. The Kier molecular flexibility index (Phi) is 10.4. The quantitative estimate of drug-likeness (QED) is 0.429. The molecule has 0 nitrogen and oxygen atoms in total. The fourth-order valence-electron chi connectivity index (χ4n) is 0.367. The van der Waals surface area contributed by atoms with Gasteiger partial charge in [0.05, 0.1) is 0 Å². The molecule has 0 atom stereocenters. The van der Waals surface area contributed by atoms with Crippen LogP contribution in [0.2, 0.25) is 0 Å². The van der Waals surface area contributed by atoms with E-state index in [2.05, 4.69) is 39.5 Å². The summed E-state index contributed by atoms with van der Waals surface area (Å²) in [7, 11) is 3.79. The van der Waals surface area contributed by atoms with Crippen LogP contribution in [0.4, 0.5) is 0 Å². The van der Waals surface area contributed by atoms with Gasteiger partial charge in [0.15, 0.2) is 0 Å². The summed E-state index contributed by atoms with van der Waals surface area (Å²) < 4.78 is 0. The van der Waals surface area contributed by atoms with Crippen molar-refractivity contribution in [3.8, 4) is 0 Å². The van der Waals surface area contributed by atoms with Gasteiger partial charge in [0.25, 0.3) is 0 Å². The van der Waals surface area contributed by atoms with Crippen molar-refractivity contribution in [2.24, 2.45) is 0 Å². The normalized spacial score (nSPS) is 10.2. The fraction of sp³-hybridized carbons (Fsp3) is 0.500. The molecule has 4 radical (unpaired) electrons. The second-order valence-corrected chi connectivity index (χ2v) is 4.26. The molecule has 0 aliphatic heterocycles. The van der Waals surface area contributed by atoms with Crippen LogP contribution >= 0.6 is 21.6 Å².